The molecule has 0 aromatic heterocycles. The molecule has 1 saturated heterocycles. The number of alkyl carbamates (subject to hydrolysis) is 1. The minimum Gasteiger partial charge on any atom is -0.448 e. The first-order valence-corrected chi connectivity index (χ1v) is 10.9. The summed E-state index contributed by atoms with van der Waals surface area (Å²) in [5.74, 6) is -0.0620. The van der Waals surface area contributed by atoms with E-state index in [9.17, 15) is 14.0 Å². The zero-order chi connectivity index (χ0) is 22.9. The van der Waals surface area contributed by atoms with Crippen LogP contribution in [0.1, 0.15) is 44.2 Å². The molecule has 4 rings (SSSR count). The third-order valence-electron chi connectivity index (χ3n) is 5.71. The maximum Gasteiger partial charge on any atom is 0.409 e. The van der Waals surface area contributed by atoms with E-state index in [0.29, 0.717) is 0 Å². The lowest BCUT2D eigenvalue weighted by Crippen LogP contribution is -2.54. The molecule has 0 unspecified atom stereocenters. The molecule has 6 nitrogen and oxygen atoms in total. The van der Waals surface area contributed by atoms with Crippen LogP contribution < -0.4 is 5.32 Å². The summed E-state index contributed by atoms with van der Waals surface area (Å²) in [6, 6.07) is 15.7. The molecule has 1 aliphatic carbocycles. The average molecular weight is 441 g/mol. The Kier molecular flexibility index (Phi) is 6.09. The number of hydrogen-bond acceptors (Lipinski definition) is 4. The fourth-order valence-corrected chi connectivity index (χ4v) is 4.45. The van der Waals surface area contributed by atoms with Crippen molar-refractivity contribution in [2.75, 3.05) is 19.7 Å². The molecular formula is C25H29FN2O4. The van der Waals surface area contributed by atoms with Crippen LogP contribution in [0.2, 0.25) is 0 Å². The highest BCUT2D eigenvalue weighted by atomic mass is 19.1. The van der Waals surface area contributed by atoms with Gasteiger partial charge < -0.3 is 19.7 Å². The Morgan fingerprint density at radius 3 is 2.22 bits per heavy atom. The Hall–Kier alpha value is -3.09. The van der Waals surface area contributed by atoms with Crippen molar-refractivity contribution < 1.29 is 23.5 Å². The lowest BCUT2D eigenvalue weighted by atomic mass is 9.98. The smallest absolute Gasteiger partial charge is 0.409 e. The van der Waals surface area contributed by atoms with Crippen LogP contribution in [-0.2, 0) is 9.47 Å². The minimum atomic E-state index is -1.25. The second-order valence-corrected chi connectivity index (χ2v) is 9.39. The van der Waals surface area contributed by atoms with Crippen molar-refractivity contribution in [2.24, 2.45) is 0 Å². The van der Waals surface area contributed by atoms with Crippen molar-refractivity contribution in [1.82, 2.24) is 10.2 Å². The first-order chi connectivity index (χ1) is 15.2. The van der Waals surface area contributed by atoms with Gasteiger partial charge in [0.1, 0.15) is 18.4 Å². The average Bonchev–Trinajstić information content (AvgIpc) is 3.04. The second kappa shape index (κ2) is 8.81. The number of ether oxygens (including phenoxy) is 2. The Balaban J connectivity index is 1.39. The predicted octanol–water partition coefficient (Wildman–Crippen LogP) is 4.87. The predicted molar refractivity (Wildman–Crippen MR) is 119 cm³/mol. The summed E-state index contributed by atoms with van der Waals surface area (Å²) in [5, 5.41) is 2.66. The summed E-state index contributed by atoms with van der Waals surface area (Å²) in [4.78, 5) is 26.2. The molecule has 170 valence electrons. The van der Waals surface area contributed by atoms with Gasteiger partial charge in [-0.2, -0.15) is 0 Å². The molecule has 1 fully saturated rings. The van der Waals surface area contributed by atoms with Gasteiger partial charge in [-0.25, -0.2) is 14.0 Å². The second-order valence-electron chi connectivity index (χ2n) is 9.39. The minimum absolute atomic E-state index is 0.0524. The quantitative estimate of drug-likeness (QED) is 0.739. The number of carbonyl (C=O) groups excluding carboxylic acids is 2. The molecule has 1 N–H and O–H groups in total. The summed E-state index contributed by atoms with van der Waals surface area (Å²) in [7, 11) is 0. The van der Waals surface area contributed by atoms with Gasteiger partial charge in [-0.05, 0) is 43.0 Å². The number of alkyl halides is 1. The molecule has 0 saturated carbocycles. The molecule has 2 amide bonds. The van der Waals surface area contributed by atoms with Crippen molar-refractivity contribution >= 4 is 12.2 Å². The Morgan fingerprint density at radius 2 is 1.62 bits per heavy atom. The highest BCUT2D eigenvalue weighted by Crippen LogP contribution is 2.44. The maximum atomic E-state index is 14.3. The number of carbonyl (C=O) groups is 2. The normalized spacial score (nSPS) is 20.3. The maximum absolute atomic E-state index is 14.3. The van der Waals surface area contributed by atoms with E-state index in [0.717, 1.165) is 22.3 Å². The molecule has 0 radical (unpaired) electrons. The van der Waals surface area contributed by atoms with E-state index in [-0.39, 0.29) is 32.0 Å². The monoisotopic (exact) mass is 440 g/mol. The molecular weight excluding hydrogens is 411 g/mol. The van der Waals surface area contributed by atoms with Crippen molar-refractivity contribution in [3.8, 4) is 11.1 Å². The van der Waals surface area contributed by atoms with Gasteiger partial charge in [0.25, 0.3) is 0 Å². The number of benzene rings is 2. The first kappa shape index (κ1) is 22.1. The van der Waals surface area contributed by atoms with Crippen molar-refractivity contribution in [3.63, 3.8) is 0 Å². The molecule has 2 aromatic carbocycles. The molecule has 1 aliphatic heterocycles. The zero-order valence-electron chi connectivity index (χ0n) is 18.6. The Bertz CT molecular complexity index is 958. The van der Waals surface area contributed by atoms with Gasteiger partial charge in [0.15, 0.2) is 0 Å². The van der Waals surface area contributed by atoms with E-state index < -0.39 is 30.0 Å². The van der Waals surface area contributed by atoms with E-state index in [1.807, 2.05) is 36.4 Å². The summed E-state index contributed by atoms with van der Waals surface area (Å²) in [5.41, 5.74) is 3.88. The number of likely N-dealkylation sites (tertiary alicyclic amines) is 1. The molecule has 0 spiro atoms. The van der Waals surface area contributed by atoms with E-state index in [1.165, 1.54) is 4.90 Å². The van der Waals surface area contributed by atoms with Gasteiger partial charge in [-0.15, -0.1) is 0 Å². The van der Waals surface area contributed by atoms with Crippen LogP contribution in [0.15, 0.2) is 48.5 Å². The van der Waals surface area contributed by atoms with Crippen molar-refractivity contribution in [1.29, 1.82) is 0 Å². The van der Waals surface area contributed by atoms with Gasteiger partial charge in [0.05, 0.1) is 12.6 Å². The van der Waals surface area contributed by atoms with Crippen LogP contribution in [-0.4, -0.2) is 54.6 Å². The Labute approximate surface area is 187 Å². The first-order valence-electron chi connectivity index (χ1n) is 10.9. The number of halogens is 1. The number of rotatable bonds is 3. The Morgan fingerprint density at radius 1 is 1.03 bits per heavy atom. The molecule has 2 aliphatic rings. The van der Waals surface area contributed by atoms with Crippen LogP contribution in [0.4, 0.5) is 14.0 Å². The van der Waals surface area contributed by atoms with Crippen LogP contribution in [0.5, 0.6) is 0 Å². The lowest BCUT2D eigenvalue weighted by Gasteiger charge is -2.34. The largest absolute Gasteiger partial charge is 0.448 e. The lowest BCUT2D eigenvalue weighted by molar-refractivity contribution is 0.0390. The van der Waals surface area contributed by atoms with Crippen LogP contribution in [0.3, 0.4) is 0 Å². The standard InChI is InChI=1S/C25H29FN2O4/c1-25(2,3)32-23(29)27-17-12-16(26)13-28(14-17)24(30)31-15-22-20-10-6-4-8-18(20)19-9-5-7-11-21(19)22/h4-11,16-17,22H,12-15H2,1-3H3,(H,27,29)/t16-,17+/m0/s1. The fourth-order valence-electron chi connectivity index (χ4n) is 4.45. The topological polar surface area (TPSA) is 67.9 Å². The third kappa shape index (κ3) is 4.87. The van der Waals surface area contributed by atoms with Gasteiger partial charge in [-0.3, -0.25) is 0 Å². The molecule has 1 heterocycles. The van der Waals surface area contributed by atoms with Gasteiger partial charge in [-0.1, -0.05) is 48.5 Å². The molecule has 0 bridgehead atoms. The third-order valence-corrected chi connectivity index (χ3v) is 5.71. The van der Waals surface area contributed by atoms with Crippen LogP contribution >= 0.6 is 0 Å². The van der Waals surface area contributed by atoms with E-state index in [4.69, 9.17) is 9.47 Å². The van der Waals surface area contributed by atoms with Crippen molar-refractivity contribution in [3.05, 3.63) is 59.7 Å². The zero-order valence-corrected chi connectivity index (χ0v) is 18.6. The number of nitrogens with zero attached hydrogens (tertiary/aromatic N) is 1. The summed E-state index contributed by atoms with van der Waals surface area (Å²) in [6.45, 7) is 5.57. The summed E-state index contributed by atoms with van der Waals surface area (Å²) in [6.07, 6.45) is -2.31. The summed E-state index contributed by atoms with van der Waals surface area (Å²) < 4.78 is 25.2. The van der Waals surface area contributed by atoms with Crippen LogP contribution in [0, 0.1) is 0 Å². The SMILES string of the molecule is CC(C)(C)OC(=O)N[C@@H]1C[C@H](F)CN(C(=O)OCC2c3ccccc3-c3ccccc32)C1. The van der Waals surface area contributed by atoms with Gasteiger partial charge in [0, 0.05) is 18.9 Å². The fraction of sp³-hybridized carbons (Fsp3) is 0.440. The highest BCUT2D eigenvalue weighted by Gasteiger charge is 2.34. The number of nitrogens with one attached hydrogen (secondary N) is 1. The van der Waals surface area contributed by atoms with E-state index >= 15 is 0 Å². The number of amides is 2. The van der Waals surface area contributed by atoms with Crippen LogP contribution in [0.25, 0.3) is 11.1 Å². The molecule has 7 heteroatoms. The molecule has 2 atom stereocenters. The molecule has 32 heavy (non-hydrogen) atoms. The number of hydrogen-bond donors (Lipinski definition) is 1. The highest BCUT2D eigenvalue weighted by molar-refractivity contribution is 5.79. The van der Waals surface area contributed by atoms with Gasteiger partial charge in [0.2, 0.25) is 0 Å². The van der Waals surface area contributed by atoms with Crippen molar-refractivity contribution in [2.45, 2.75) is 50.9 Å². The van der Waals surface area contributed by atoms with E-state index in [1.54, 1.807) is 20.8 Å². The van der Waals surface area contributed by atoms with Gasteiger partial charge >= 0.3 is 12.2 Å². The summed E-state index contributed by atoms with van der Waals surface area (Å²) >= 11 is 0. The number of fused-ring (bicyclic) bond motifs is 3. The van der Waals surface area contributed by atoms with E-state index in [2.05, 4.69) is 17.4 Å². The molecule has 2 aromatic rings. The number of piperidine rings is 1.